The quantitative estimate of drug-likeness (QED) is 0.457. The first-order valence-corrected chi connectivity index (χ1v) is 2.55. The van der Waals surface area contributed by atoms with Crippen LogP contribution in [-0.4, -0.2) is 26.1 Å². The van der Waals surface area contributed by atoms with Gasteiger partial charge in [0.05, 0.1) is 0 Å². The van der Waals surface area contributed by atoms with Crippen molar-refractivity contribution in [2.45, 2.75) is 6.92 Å². The minimum atomic E-state index is -0.156. The van der Waals surface area contributed by atoms with Crippen LogP contribution in [0.4, 0.5) is 0 Å². The Balaban J connectivity index is 3.32. The van der Waals surface area contributed by atoms with E-state index in [0.717, 1.165) is 0 Å². The van der Waals surface area contributed by atoms with Crippen LogP contribution >= 0.6 is 0 Å². The molecule has 1 amide bonds. The Morgan fingerprint density at radius 1 is 1.86 bits per heavy atom. The van der Waals surface area contributed by atoms with Crippen LogP contribution in [0.3, 0.4) is 0 Å². The summed E-state index contributed by atoms with van der Waals surface area (Å²) >= 11 is 2.43. The van der Waals surface area contributed by atoms with Crippen molar-refractivity contribution in [3.8, 4) is 0 Å². The SMILES string of the molecule is CC(=O)NC(N)=[Se]. The van der Waals surface area contributed by atoms with Crippen molar-refractivity contribution < 1.29 is 4.79 Å². The fourth-order valence-corrected chi connectivity index (χ4v) is 0.475. The van der Waals surface area contributed by atoms with E-state index in [2.05, 4.69) is 20.9 Å². The molecule has 0 aromatic rings. The van der Waals surface area contributed by atoms with Gasteiger partial charge in [-0.25, -0.2) is 0 Å². The molecule has 0 aliphatic rings. The van der Waals surface area contributed by atoms with E-state index >= 15 is 0 Å². The standard InChI is InChI=1S/C3H6N2OSe/c1-2(6)5-3(4)7/h1H3,(H3,4,5,6,7). The molecule has 0 radical (unpaired) electrons. The van der Waals surface area contributed by atoms with E-state index in [1.807, 2.05) is 0 Å². The molecule has 0 saturated heterocycles. The average Bonchev–Trinajstić information content (AvgIpc) is 1.27. The molecule has 0 aromatic carbocycles. The first-order valence-electron chi connectivity index (χ1n) is 1.70. The number of hydrogen-bond acceptors (Lipinski definition) is 2. The van der Waals surface area contributed by atoms with Gasteiger partial charge in [-0.1, -0.05) is 0 Å². The second kappa shape index (κ2) is 2.77. The number of rotatable bonds is 1. The summed E-state index contributed by atoms with van der Waals surface area (Å²) in [6, 6.07) is 0. The van der Waals surface area contributed by atoms with Crippen LogP contribution < -0.4 is 11.1 Å². The zero-order chi connectivity index (χ0) is 5.86. The first-order chi connectivity index (χ1) is 3.13. The zero-order valence-corrected chi connectivity index (χ0v) is 5.61. The number of carbonyl (C=O) groups is 1. The second-order valence-electron chi connectivity index (χ2n) is 1.05. The average molecular weight is 165 g/mol. The van der Waals surface area contributed by atoms with Gasteiger partial charge in [-0.3, -0.25) is 0 Å². The van der Waals surface area contributed by atoms with Gasteiger partial charge in [0.2, 0.25) is 0 Å². The van der Waals surface area contributed by atoms with E-state index in [0.29, 0.717) is 4.67 Å². The Labute approximate surface area is 49.6 Å². The number of hydrogen-bond donors (Lipinski definition) is 2. The fraction of sp³-hybridized carbons (Fsp3) is 0.333. The van der Waals surface area contributed by atoms with Crippen LogP contribution in [0, 0.1) is 0 Å². The Kier molecular flexibility index (Phi) is 2.64. The van der Waals surface area contributed by atoms with Gasteiger partial charge in [-0.15, -0.1) is 0 Å². The molecule has 0 saturated carbocycles. The molecule has 3 nitrogen and oxygen atoms in total. The molecule has 7 heavy (non-hydrogen) atoms. The first kappa shape index (κ1) is 6.66. The maximum atomic E-state index is 10.0. The molecular formula is C3H6N2OSe. The van der Waals surface area contributed by atoms with Gasteiger partial charge < -0.3 is 0 Å². The van der Waals surface area contributed by atoms with Gasteiger partial charge in [-0.2, -0.15) is 0 Å². The fourth-order valence-electron chi connectivity index (χ4n) is 0.173. The van der Waals surface area contributed by atoms with Crippen LogP contribution in [0.1, 0.15) is 6.92 Å². The molecule has 0 aliphatic carbocycles. The summed E-state index contributed by atoms with van der Waals surface area (Å²) in [6.07, 6.45) is 0. The maximum absolute atomic E-state index is 10.0. The third-order valence-electron chi connectivity index (χ3n) is 0.299. The van der Waals surface area contributed by atoms with E-state index in [9.17, 15) is 4.79 Å². The van der Waals surface area contributed by atoms with Gasteiger partial charge >= 0.3 is 48.9 Å². The summed E-state index contributed by atoms with van der Waals surface area (Å²) in [6.45, 7) is 1.39. The molecule has 0 spiro atoms. The van der Waals surface area contributed by atoms with Gasteiger partial charge in [-0.05, 0) is 0 Å². The van der Waals surface area contributed by atoms with Crippen molar-refractivity contribution in [1.82, 2.24) is 5.32 Å². The van der Waals surface area contributed by atoms with Gasteiger partial charge in [0.1, 0.15) is 0 Å². The summed E-state index contributed by atoms with van der Waals surface area (Å²) in [4.78, 5) is 10.0. The molecule has 3 N–H and O–H groups in total. The molecule has 0 unspecified atom stereocenters. The Morgan fingerprint density at radius 3 is 2.29 bits per heavy atom. The molecule has 0 bridgehead atoms. The molecule has 0 aliphatic heterocycles. The number of amides is 1. The van der Waals surface area contributed by atoms with Gasteiger partial charge in [0.15, 0.2) is 0 Å². The summed E-state index contributed by atoms with van der Waals surface area (Å²) in [7, 11) is 0. The Morgan fingerprint density at radius 2 is 2.29 bits per heavy atom. The molecule has 0 rings (SSSR count). The van der Waals surface area contributed by atoms with Gasteiger partial charge in [0.25, 0.3) is 0 Å². The summed E-state index contributed by atoms with van der Waals surface area (Å²) < 4.78 is 0.313. The van der Waals surface area contributed by atoms with Crippen LogP contribution in [0.5, 0.6) is 0 Å². The Hall–Kier alpha value is -0.341. The summed E-state index contributed by atoms with van der Waals surface area (Å²) in [5.41, 5.74) is 5.02. The number of carbonyl (C=O) groups excluding carboxylic acids is 1. The van der Waals surface area contributed by atoms with Crippen LogP contribution in [0.2, 0.25) is 0 Å². The van der Waals surface area contributed by atoms with Crippen molar-refractivity contribution in [1.29, 1.82) is 0 Å². The van der Waals surface area contributed by atoms with E-state index in [4.69, 9.17) is 5.73 Å². The van der Waals surface area contributed by atoms with E-state index < -0.39 is 0 Å². The minimum absolute atomic E-state index is 0.156. The number of nitrogens with two attached hydrogens (primary N) is 1. The second-order valence-corrected chi connectivity index (χ2v) is 1.97. The van der Waals surface area contributed by atoms with Gasteiger partial charge in [0, 0.05) is 0 Å². The topological polar surface area (TPSA) is 55.1 Å². The molecule has 40 valence electrons. The van der Waals surface area contributed by atoms with Crippen LogP contribution in [0.15, 0.2) is 0 Å². The number of nitrogens with one attached hydrogen (secondary N) is 1. The van der Waals surface area contributed by atoms with E-state index in [-0.39, 0.29) is 5.91 Å². The van der Waals surface area contributed by atoms with Crippen molar-refractivity contribution >= 4 is 26.1 Å². The van der Waals surface area contributed by atoms with Crippen molar-refractivity contribution in [3.05, 3.63) is 0 Å². The molecule has 0 aromatic heterocycles. The third-order valence-corrected chi connectivity index (χ3v) is 0.513. The normalized spacial score (nSPS) is 7.57. The van der Waals surface area contributed by atoms with E-state index in [1.54, 1.807) is 0 Å². The molecule has 0 atom stereocenters. The van der Waals surface area contributed by atoms with E-state index in [1.165, 1.54) is 6.92 Å². The van der Waals surface area contributed by atoms with Crippen molar-refractivity contribution in [3.63, 3.8) is 0 Å². The summed E-state index contributed by atoms with van der Waals surface area (Å²) in [5.74, 6) is -0.156. The predicted molar refractivity (Wildman–Crippen MR) is 28.8 cm³/mol. The van der Waals surface area contributed by atoms with Crippen LogP contribution in [-0.2, 0) is 4.79 Å². The third kappa shape index (κ3) is 5.66. The molecular weight excluding hydrogens is 159 g/mol. The molecule has 0 fully saturated rings. The monoisotopic (exact) mass is 166 g/mol. The van der Waals surface area contributed by atoms with Crippen LogP contribution in [0.25, 0.3) is 0 Å². The zero-order valence-electron chi connectivity index (χ0n) is 3.89. The van der Waals surface area contributed by atoms with Crippen molar-refractivity contribution in [2.24, 2.45) is 5.73 Å². The predicted octanol–water partition coefficient (Wildman–Crippen LogP) is -1.66. The molecule has 4 heteroatoms. The molecule has 0 heterocycles. The van der Waals surface area contributed by atoms with Crippen molar-refractivity contribution in [2.75, 3.05) is 0 Å². The Bertz CT molecular complexity index is 89.1. The summed E-state index contributed by atoms with van der Waals surface area (Å²) in [5, 5.41) is 2.31.